The Morgan fingerprint density at radius 2 is 1.75 bits per heavy atom. The normalized spacial score (nSPS) is 15.5. The summed E-state index contributed by atoms with van der Waals surface area (Å²) < 4.78 is 15.5. The maximum absolute atomic E-state index is 13.3. The fourth-order valence-electron chi connectivity index (χ4n) is 3.44. The minimum atomic E-state index is -0.728. The number of ether oxygens (including phenoxy) is 3. The van der Waals surface area contributed by atoms with Crippen molar-refractivity contribution >= 4 is 29.2 Å². The molecule has 1 aliphatic heterocycles. The maximum Gasteiger partial charge on any atom is 0.341 e. The Morgan fingerprint density at radius 1 is 1.07 bits per heavy atom. The molecule has 0 atom stereocenters. The van der Waals surface area contributed by atoms with E-state index in [-0.39, 0.29) is 11.5 Å². The van der Waals surface area contributed by atoms with Crippen molar-refractivity contribution in [2.45, 2.75) is 18.3 Å². The van der Waals surface area contributed by atoms with Crippen molar-refractivity contribution in [3.05, 3.63) is 58.6 Å². The lowest BCUT2D eigenvalue weighted by Gasteiger charge is -2.36. The van der Waals surface area contributed by atoms with E-state index >= 15 is 0 Å². The van der Waals surface area contributed by atoms with Gasteiger partial charge in [-0.25, -0.2) is 4.79 Å². The molecule has 2 aromatic carbocycles. The van der Waals surface area contributed by atoms with Crippen LogP contribution in [0.1, 0.15) is 28.8 Å². The van der Waals surface area contributed by atoms with Crippen molar-refractivity contribution in [1.82, 2.24) is 0 Å². The van der Waals surface area contributed by atoms with Gasteiger partial charge in [-0.15, -0.1) is 0 Å². The zero-order valence-electron chi connectivity index (χ0n) is 15.8. The SMILES string of the molecule is COC(=O)c1cc(NC(=O)C2(c3ccc(Cl)cc3)CCOCC2)ccc1OC. The minimum Gasteiger partial charge on any atom is -0.496 e. The van der Waals surface area contributed by atoms with Gasteiger partial charge in [0.2, 0.25) is 5.91 Å². The molecule has 148 valence electrons. The van der Waals surface area contributed by atoms with Gasteiger partial charge in [-0.2, -0.15) is 0 Å². The van der Waals surface area contributed by atoms with E-state index in [4.69, 9.17) is 25.8 Å². The van der Waals surface area contributed by atoms with E-state index in [1.807, 2.05) is 12.1 Å². The largest absolute Gasteiger partial charge is 0.496 e. The second kappa shape index (κ2) is 8.63. The highest BCUT2D eigenvalue weighted by molar-refractivity contribution is 6.30. The highest BCUT2D eigenvalue weighted by Gasteiger charge is 2.41. The van der Waals surface area contributed by atoms with E-state index in [1.54, 1.807) is 30.3 Å². The lowest BCUT2D eigenvalue weighted by Crippen LogP contribution is -2.44. The summed E-state index contributed by atoms with van der Waals surface area (Å²) in [7, 11) is 2.77. The smallest absolute Gasteiger partial charge is 0.341 e. The van der Waals surface area contributed by atoms with Crippen LogP contribution in [-0.4, -0.2) is 39.3 Å². The van der Waals surface area contributed by atoms with Crippen molar-refractivity contribution in [2.24, 2.45) is 0 Å². The van der Waals surface area contributed by atoms with E-state index in [0.717, 1.165) is 5.56 Å². The highest BCUT2D eigenvalue weighted by Crippen LogP contribution is 2.37. The third kappa shape index (κ3) is 3.98. The van der Waals surface area contributed by atoms with Gasteiger partial charge in [0.05, 0.1) is 19.6 Å². The number of amides is 1. The van der Waals surface area contributed by atoms with Crippen molar-refractivity contribution in [3.63, 3.8) is 0 Å². The zero-order valence-corrected chi connectivity index (χ0v) is 16.5. The zero-order chi connectivity index (χ0) is 20.1. The van der Waals surface area contributed by atoms with Gasteiger partial charge in [-0.3, -0.25) is 4.79 Å². The molecule has 28 heavy (non-hydrogen) atoms. The molecule has 0 aliphatic carbocycles. The van der Waals surface area contributed by atoms with Gasteiger partial charge in [0.15, 0.2) is 0 Å². The lowest BCUT2D eigenvalue weighted by molar-refractivity contribution is -0.125. The monoisotopic (exact) mass is 403 g/mol. The second-order valence-electron chi connectivity index (χ2n) is 6.56. The fourth-order valence-corrected chi connectivity index (χ4v) is 3.57. The molecule has 7 heteroatoms. The van der Waals surface area contributed by atoms with Gasteiger partial charge in [-0.05, 0) is 48.7 Å². The maximum atomic E-state index is 13.3. The predicted octanol–water partition coefficient (Wildman–Crippen LogP) is 3.82. The summed E-state index contributed by atoms with van der Waals surface area (Å²) in [6.07, 6.45) is 1.11. The van der Waals surface area contributed by atoms with Crippen LogP contribution in [0.4, 0.5) is 5.69 Å². The Morgan fingerprint density at radius 3 is 2.36 bits per heavy atom. The van der Waals surface area contributed by atoms with Crippen LogP contribution in [-0.2, 0) is 19.7 Å². The first-order valence-corrected chi connectivity index (χ1v) is 9.29. The summed E-state index contributed by atoms with van der Waals surface area (Å²) in [5, 5.41) is 3.56. The summed E-state index contributed by atoms with van der Waals surface area (Å²) in [5.74, 6) is -0.311. The minimum absolute atomic E-state index is 0.154. The van der Waals surface area contributed by atoms with Crippen molar-refractivity contribution in [3.8, 4) is 5.75 Å². The topological polar surface area (TPSA) is 73.9 Å². The first-order valence-electron chi connectivity index (χ1n) is 8.92. The average Bonchev–Trinajstić information content (AvgIpc) is 2.74. The summed E-state index contributed by atoms with van der Waals surface area (Å²) in [5.41, 5.74) is 0.898. The molecule has 1 fully saturated rings. The Kier molecular flexibility index (Phi) is 6.21. The van der Waals surface area contributed by atoms with Crippen LogP contribution in [0, 0.1) is 0 Å². The number of methoxy groups -OCH3 is 2. The quantitative estimate of drug-likeness (QED) is 0.768. The van der Waals surface area contributed by atoms with Gasteiger partial charge in [0.1, 0.15) is 11.3 Å². The average molecular weight is 404 g/mol. The second-order valence-corrected chi connectivity index (χ2v) is 7.00. The summed E-state index contributed by atoms with van der Waals surface area (Å²) >= 11 is 6.01. The Balaban J connectivity index is 1.92. The number of benzene rings is 2. The number of anilines is 1. The molecule has 1 saturated heterocycles. The number of nitrogens with one attached hydrogen (secondary N) is 1. The Bertz CT molecular complexity index is 860. The van der Waals surface area contributed by atoms with E-state index in [1.165, 1.54) is 14.2 Å². The molecule has 0 spiro atoms. The molecule has 1 amide bonds. The van der Waals surface area contributed by atoms with Crippen molar-refractivity contribution in [1.29, 1.82) is 0 Å². The van der Waals surface area contributed by atoms with Crippen LogP contribution in [0.3, 0.4) is 0 Å². The summed E-state index contributed by atoms with van der Waals surface area (Å²) in [6, 6.07) is 12.2. The molecule has 0 bridgehead atoms. The van der Waals surface area contributed by atoms with Gasteiger partial charge in [-0.1, -0.05) is 23.7 Å². The van der Waals surface area contributed by atoms with E-state index in [2.05, 4.69) is 5.32 Å². The standard InChI is InChI=1S/C21H22ClNO5/c1-26-18-8-7-16(13-17(18)19(24)27-2)23-20(25)21(9-11-28-12-10-21)14-3-5-15(22)6-4-14/h3-8,13H,9-12H2,1-2H3,(H,23,25). The number of esters is 1. The molecule has 0 radical (unpaired) electrons. The predicted molar refractivity (Wildman–Crippen MR) is 106 cm³/mol. The number of carbonyl (C=O) groups excluding carboxylic acids is 2. The third-order valence-corrected chi connectivity index (χ3v) is 5.29. The molecule has 1 aliphatic rings. The molecular weight excluding hydrogens is 382 g/mol. The van der Waals surface area contributed by atoms with E-state index < -0.39 is 11.4 Å². The Labute approximate surface area is 168 Å². The molecule has 2 aromatic rings. The molecule has 1 N–H and O–H groups in total. The lowest BCUT2D eigenvalue weighted by atomic mass is 9.73. The van der Waals surface area contributed by atoms with Gasteiger partial charge in [0, 0.05) is 23.9 Å². The highest BCUT2D eigenvalue weighted by atomic mass is 35.5. The first kappa shape index (κ1) is 20.2. The number of carbonyl (C=O) groups is 2. The van der Waals surface area contributed by atoms with Crippen LogP contribution < -0.4 is 10.1 Å². The van der Waals surface area contributed by atoms with Crippen LogP contribution in [0.2, 0.25) is 5.02 Å². The molecule has 0 saturated carbocycles. The molecule has 0 unspecified atom stereocenters. The van der Waals surface area contributed by atoms with Gasteiger partial charge < -0.3 is 19.5 Å². The number of halogens is 1. The first-order chi connectivity index (χ1) is 13.5. The van der Waals surface area contributed by atoms with Crippen molar-refractivity contribution in [2.75, 3.05) is 32.8 Å². The van der Waals surface area contributed by atoms with Crippen LogP contribution in [0.15, 0.2) is 42.5 Å². The van der Waals surface area contributed by atoms with Crippen LogP contribution in [0.25, 0.3) is 0 Å². The number of hydrogen-bond donors (Lipinski definition) is 1. The summed E-state index contributed by atoms with van der Waals surface area (Å²) in [6.45, 7) is 0.984. The number of hydrogen-bond acceptors (Lipinski definition) is 5. The van der Waals surface area contributed by atoms with Crippen LogP contribution in [0.5, 0.6) is 5.75 Å². The van der Waals surface area contributed by atoms with Gasteiger partial charge >= 0.3 is 5.97 Å². The molecule has 1 heterocycles. The van der Waals surface area contributed by atoms with Crippen LogP contribution >= 0.6 is 11.6 Å². The molecule has 6 nitrogen and oxygen atoms in total. The third-order valence-electron chi connectivity index (χ3n) is 5.04. The molecular formula is C21H22ClNO5. The van der Waals surface area contributed by atoms with E-state index in [9.17, 15) is 9.59 Å². The summed E-state index contributed by atoms with van der Waals surface area (Å²) in [4.78, 5) is 25.3. The molecule has 3 rings (SSSR count). The fraction of sp³-hybridized carbons (Fsp3) is 0.333. The van der Waals surface area contributed by atoms with E-state index in [0.29, 0.717) is 42.5 Å². The molecule has 0 aromatic heterocycles. The Hall–Kier alpha value is -2.57. The van der Waals surface area contributed by atoms with Crippen molar-refractivity contribution < 1.29 is 23.8 Å². The van der Waals surface area contributed by atoms with Gasteiger partial charge in [0.25, 0.3) is 0 Å². The number of rotatable bonds is 5.